The van der Waals surface area contributed by atoms with E-state index in [1.54, 1.807) is 18.2 Å². The number of rotatable bonds is 5. The monoisotopic (exact) mass is 335 g/mol. The lowest BCUT2D eigenvalue weighted by atomic mass is 10.0. The van der Waals surface area contributed by atoms with E-state index in [0.717, 1.165) is 11.1 Å². The maximum Gasteiger partial charge on any atom is 0.263 e. The van der Waals surface area contributed by atoms with Crippen LogP contribution in [0.3, 0.4) is 0 Å². The molecule has 0 heterocycles. The zero-order valence-electron chi connectivity index (χ0n) is 14.6. The van der Waals surface area contributed by atoms with Crippen molar-refractivity contribution in [3.63, 3.8) is 0 Å². The number of ketones is 1. The zero-order valence-corrected chi connectivity index (χ0v) is 14.6. The van der Waals surface area contributed by atoms with Crippen LogP contribution in [0.25, 0.3) is 0 Å². The first-order chi connectivity index (χ1) is 11.8. The minimum atomic E-state index is -0.245. The van der Waals surface area contributed by atoms with Gasteiger partial charge in [0.15, 0.2) is 5.78 Å². The van der Waals surface area contributed by atoms with Gasteiger partial charge in [0.2, 0.25) is 0 Å². The molecule has 1 amide bonds. The SMILES string of the molecule is C=C(/C=C\C(C)=O)N(C(=O)c1cccc(C)c1C)c1ccc(O)cc1. The quantitative estimate of drug-likeness (QED) is 0.654. The fraction of sp³-hybridized carbons (Fsp3) is 0.143. The Balaban J connectivity index is 2.52. The number of amides is 1. The van der Waals surface area contributed by atoms with Gasteiger partial charge in [-0.15, -0.1) is 0 Å². The lowest BCUT2D eigenvalue weighted by Gasteiger charge is -2.24. The second-order valence-corrected chi connectivity index (χ2v) is 5.84. The van der Waals surface area contributed by atoms with E-state index in [4.69, 9.17) is 0 Å². The summed E-state index contributed by atoms with van der Waals surface area (Å²) in [6.45, 7) is 9.20. The molecule has 2 rings (SSSR count). The van der Waals surface area contributed by atoms with Crippen LogP contribution in [-0.4, -0.2) is 16.8 Å². The van der Waals surface area contributed by atoms with Gasteiger partial charge < -0.3 is 5.11 Å². The highest BCUT2D eigenvalue weighted by Gasteiger charge is 2.21. The van der Waals surface area contributed by atoms with Crippen molar-refractivity contribution in [3.05, 3.63) is 83.6 Å². The standard InChI is InChI=1S/C21H21NO3/c1-14-6-5-7-20(17(14)4)21(25)22(15(2)8-9-16(3)23)18-10-12-19(24)13-11-18/h5-13,24H,2H2,1,3-4H3/b9-8-. The molecule has 0 saturated carbocycles. The van der Waals surface area contributed by atoms with Crippen molar-refractivity contribution in [2.75, 3.05) is 4.90 Å². The van der Waals surface area contributed by atoms with Crippen molar-refractivity contribution >= 4 is 17.4 Å². The number of phenolic OH excluding ortho intramolecular Hbond substituents is 1. The Labute approximate surface area is 147 Å². The molecule has 4 heteroatoms. The largest absolute Gasteiger partial charge is 0.508 e. The summed E-state index contributed by atoms with van der Waals surface area (Å²) in [7, 11) is 0. The normalized spacial score (nSPS) is 10.7. The highest BCUT2D eigenvalue weighted by molar-refractivity contribution is 6.09. The van der Waals surface area contributed by atoms with Gasteiger partial charge in [-0.25, -0.2) is 0 Å². The highest BCUT2D eigenvalue weighted by atomic mass is 16.3. The van der Waals surface area contributed by atoms with E-state index in [-0.39, 0.29) is 17.4 Å². The molecule has 0 unspecified atom stereocenters. The maximum atomic E-state index is 13.2. The van der Waals surface area contributed by atoms with E-state index < -0.39 is 0 Å². The van der Waals surface area contributed by atoms with Crippen LogP contribution < -0.4 is 4.90 Å². The summed E-state index contributed by atoms with van der Waals surface area (Å²) in [5.74, 6) is -0.274. The second kappa shape index (κ2) is 7.62. The first-order valence-electron chi connectivity index (χ1n) is 7.88. The van der Waals surface area contributed by atoms with Crippen molar-refractivity contribution in [2.24, 2.45) is 0 Å². The Bertz CT molecular complexity index is 848. The molecule has 0 aliphatic heterocycles. The number of carbonyl (C=O) groups is 2. The summed E-state index contributed by atoms with van der Waals surface area (Å²) < 4.78 is 0. The number of anilines is 1. The van der Waals surface area contributed by atoms with Crippen LogP contribution in [-0.2, 0) is 4.79 Å². The van der Waals surface area contributed by atoms with Crippen molar-refractivity contribution < 1.29 is 14.7 Å². The Kier molecular flexibility index (Phi) is 5.55. The molecule has 0 saturated heterocycles. The zero-order chi connectivity index (χ0) is 18.6. The van der Waals surface area contributed by atoms with Crippen LogP contribution in [0.4, 0.5) is 5.69 Å². The molecule has 0 spiro atoms. The van der Waals surface area contributed by atoms with Crippen molar-refractivity contribution in [2.45, 2.75) is 20.8 Å². The Hall–Kier alpha value is -3.14. The van der Waals surface area contributed by atoms with Gasteiger partial charge in [0.1, 0.15) is 5.75 Å². The minimum absolute atomic E-state index is 0.104. The number of hydrogen-bond acceptors (Lipinski definition) is 3. The van der Waals surface area contributed by atoms with E-state index in [9.17, 15) is 14.7 Å². The van der Waals surface area contributed by atoms with Gasteiger partial charge in [0.05, 0.1) is 0 Å². The van der Waals surface area contributed by atoms with Crippen LogP contribution in [0, 0.1) is 13.8 Å². The molecule has 0 aliphatic rings. The molecule has 0 bridgehead atoms. The molecule has 0 radical (unpaired) electrons. The van der Waals surface area contributed by atoms with Crippen LogP contribution in [0.2, 0.25) is 0 Å². The van der Waals surface area contributed by atoms with E-state index >= 15 is 0 Å². The molecular formula is C21H21NO3. The Morgan fingerprint density at radius 2 is 1.68 bits per heavy atom. The first-order valence-corrected chi connectivity index (χ1v) is 7.88. The average Bonchev–Trinajstić information content (AvgIpc) is 2.57. The Morgan fingerprint density at radius 3 is 2.28 bits per heavy atom. The summed E-state index contributed by atoms with van der Waals surface area (Å²) in [5, 5.41) is 9.50. The lowest BCUT2D eigenvalue weighted by molar-refractivity contribution is -0.112. The average molecular weight is 335 g/mol. The van der Waals surface area contributed by atoms with Crippen molar-refractivity contribution in [3.8, 4) is 5.75 Å². The van der Waals surface area contributed by atoms with Crippen LogP contribution in [0.5, 0.6) is 5.75 Å². The second-order valence-electron chi connectivity index (χ2n) is 5.84. The van der Waals surface area contributed by atoms with Gasteiger partial charge in [0.25, 0.3) is 5.91 Å². The summed E-state index contributed by atoms with van der Waals surface area (Å²) in [4.78, 5) is 25.8. The van der Waals surface area contributed by atoms with Gasteiger partial charge in [-0.05, 0) is 74.4 Å². The molecule has 128 valence electrons. The predicted molar refractivity (Wildman–Crippen MR) is 99.8 cm³/mol. The minimum Gasteiger partial charge on any atom is -0.508 e. The van der Waals surface area contributed by atoms with Gasteiger partial charge >= 0.3 is 0 Å². The smallest absolute Gasteiger partial charge is 0.263 e. The van der Waals surface area contributed by atoms with Crippen LogP contribution in [0.15, 0.2) is 66.9 Å². The summed E-state index contributed by atoms with van der Waals surface area (Å²) in [6.07, 6.45) is 2.88. The van der Waals surface area contributed by atoms with Crippen molar-refractivity contribution in [1.82, 2.24) is 0 Å². The Morgan fingerprint density at radius 1 is 1.04 bits per heavy atom. The van der Waals surface area contributed by atoms with Gasteiger partial charge in [-0.3, -0.25) is 14.5 Å². The first kappa shape index (κ1) is 18.2. The number of aryl methyl sites for hydroxylation is 1. The third kappa shape index (κ3) is 4.23. The molecular weight excluding hydrogens is 314 g/mol. The third-order valence-electron chi connectivity index (χ3n) is 3.94. The molecule has 2 aromatic carbocycles. The van der Waals surface area contributed by atoms with E-state index in [2.05, 4.69) is 6.58 Å². The molecule has 0 aliphatic carbocycles. The van der Waals surface area contributed by atoms with E-state index in [1.165, 1.54) is 36.1 Å². The lowest BCUT2D eigenvalue weighted by Crippen LogP contribution is -2.30. The highest BCUT2D eigenvalue weighted by Crippen LogP contribution is 2.26. The predicted octanol–water partition coefficient (Wildman–Crippen LogP) is 4.31. The molecule has 4 nitrogen and oxygen atoms in total. The number of carbonyl (C=O) groups excluding carboxylic acids is 2. The van der Waals surface area contributed by atoms with E-state index in [0.29, 0.717) is 16.9 Å². The molecule has 0 fully saturated rings. The number of aromatic hydroxyl groups is 1. The van der Waals surface area contributed by atoms with Gasteiger partial charge in [-0.1, -0.05) is 18.7 Å². The molecule has 2 aromatic rings. The number of benzene rings is 2. The number of allylic oxidation sites excluding steroid dienone is 2. The summed E-state index contributed by atoms with van der Waals surface area (Å²) in [5.41, 5.74) is 3.39. The summed E-state index contributed by atoms with van der Waals surface area (Å²) in [6, 6.07) is 11.8. The van der Waals surface area contributed by atoms with E-state index in [1.807, 2.05) is 26.0 Å². The number of nitrogens with zero attached hydrogens (tertiary/aromatic N) is 1. The number of phenols is 1. The van der Waals surface area contributed by atoms with Crippen LogP contribution >= 0.6 is 0 Å². The maximum absolute atomic E-state index is 13.2. The fourth-order valence-electron chi connectivity index (χ4n) is 2.41. The third-order valence-corrected chi connectivity index (χ3v) is 3.94. The molecule has 0 aromatic heterocycles. The van der Waals surface area contributed by atoms with Gasteiger partial charge in [-0.2, -0.15) is 0 Å². The van der Waals surface area contributed by atoms with Gasteiger partial charge in [0, 0.05) is 16.9 Å². The summed E-state index contributed by atoms with van der Waals surface area (Å²) >= 11 is 0. The molecule has 0 atom stereocenters. The fourth-order valence-corrected chi connectivity index (χ4v) is 2.41. The van der Waals surface area contributed by atoms with Crippen molar-refractivity contribution in [1.29, 1.82) is 0 Å². The topological polar surface area (TPSA) is 57.6 Å². The number of hydrogen-bond donors (Lipinski definition) is 1. The molecule has 1 N–H and O–H groups in total. The van der Waals surface area contributed by atoms with Crippen LogP contribution in [0.1, 0.15) is 28.4 Å². The molecule has 25 heavy (non-hydrogen) atoms.